The Labute approximate surface area is 57.1 Å². The topological polar surface area (TPSA) is 12.0 Å². The normalized spacial score (nSPS) is 22.8. The molecule has 1 saturated carbocycles. The fraction of sp³-hybridized carbons (Fsp3) is 0.750. The average molecular weight is 125 g/mol. The van der Waals surface area contributed by atoms with Gasteiger partial charge in [0, 0.05) is 12.1 Å². The Bertz CT molecular complexity index is 94.7. The fourth-order valence-corrected chi connectivity index (χ4v) is 1.01. The van der Waals surface area contributed by atoms with E-state index in [1.165, 1.54) is 19.3 Å². The summed E-state index contributed by atoms with van der Waals surface area (Å²) in [6.07, 6.45) is 6.08. The van der Waals surface area contributed by atoms with Crippen molar-refractivity contribution in [3.05, 3.63) is 12.7 Å². The fourth-order valence-electron chi connectivity index (χ4n) is 1.01. The summed E-state index contributed by atoms with van der Waals surface area (Å²) in [5, 5.41) is 3.45. The highest BCUT2D eigenvalue weighted by Crippen LogP contribution is 2.18. The molecule has 1 N–H and O–H groups in total. The van der Waals surface area contributed by atoms with Crippen molar-refractivity contribution < 1.29 is 0 Å². The molecule has 1 fully saturated rings. The largest absolute Gasteiger partial charge is 0.308 e. The minimum absolute atomic E-state index is 0.496. The van der Waals surface area contributed by atoms with E-state index >= 15 is 0 Å². The molecule has 0 aromatic carbocycles. The van der Waals surface area contributed by atoms with Crippen LogP contribution in [0.25, 0.3) is 0 Å². The predicted octanol–water partition coefficient (Wildman–Crippen LogP) is 1.70. The zero-order valence-electron chi connectivity index (χ0n) is 6.06. The van der Waals surface area contributed by atoms with Crippen LogP contribution in [0.15, 0.2) is 12.7 Å². The molecule has 0 saturated heterocycles. The predicted molar refractivity (Wildman–Crippen MR) is 40.4 cm³/mol. The Hall–Kier alpha value is -0.300. The van der Waals surface area contributed by atoms with Gasteiger partial charge in [-0.25, -0.2) is 0 Å². The maximum absolute atomic E-state index is 3.71. The Morgan fingerprint density at radius 1 is 1.67 bits per heavy atom. The van der Waals surface area contributed by atoms with Crippen LogP contribution in [0.1, 0.15) is 26.2 Å². The maximum Gasteiger partial charge on any atom is 0.0221 e. The summed E-state index contributed by atoms with van der Waals surface area (Å²) in [6.45, 7) is 5.85. The molecule has 9 heavy (non-hydrogen) atoms. The lowest BCUT2D eigenvalue weighted by Gasteiger charge is -2.28. The molecule has 0 aromatic heterocycles. The average Bonchev–Trinajstić information content (AvgIpc) is 1.78. The van der Waals surface area contributed by atoms with Gasteiger partial charge in [-0.15, -0.1) is 6.58 Å². The number of rotatable bonds is 3. The zero-order valence-corrected chi connectivity index (χ0v) is 6.06. The molecule has 1 aliphatic carbocycles. The van der Waals surface area contributed by atoms with Crippen LogP contribution in [0, 0.1) is 0 Å². The molecule has 1 atom stereocenters. The molecule has 0 aliphatic heterocycles. The van der Waals surface area contributed by atoms with Crippen LogP contribution in [0.3, 0.4) is 0 Å². The zero-order chi connectivity index (χ0) is 6.69. The molecule has 1 heteroatoms. The molecular formula is C8H15N. The minimum atomic E-state index is 0.496. The lowest BCUT2D eigenvalue weighted by molar-refractivity contribution is 0.328. The molecule has 0 heterocycles. The molecule has 1 nitrogen and oxygen atoms in total. The van der Waals surface area contributed by atoms with Crippen LogP contribution >= 0.6 is 0 Å². The van der Waals surface area contributed by atoms with E-state index in [0.29, 0.717) is 6.04 Å². The third-order valence-corrected chi connectivity index (χ3v) is 1.96. The highest BCUT2D eigenvalue weighted by molar-refractivity contribution is 4.87. The number of hydrogen-bond donors (Lipinski definition) is 1. The SMILES string of the molecule is C=CC(C)NC1CCC1. The van der Waals surface area contributed by atoms with Crippen LogP contribution in [0.2, 0.25) is 0 Å². The molecule has 1 aliphatic rings. The summed E-state index contributed by atoms with van der Waals surface area (Å²) in [4.78, 5) is 0. The third-order valence-electron chi connectivity index (χ3n) is 1.96. The van der Waals surface area contributed by atoms with Gasteiger partial charge in [-0.3, -0.25) is 0 Å². The van der Waals surface area contributed by atoms with Gasteiger partial charge in [-0.05, 0) is 19.8 Å². The van der Waals surface area contributed by atoms with Crippen molar-refractivity contribution in [3.8, 4) is 0 Å². The van der Waals surface area contributed by atoms with Gasteiger partial charge >= 0.3 is 0 Å². The molecule has 1 unspecified atom stereocenters. The first kappa shape index (κ1) is 6.81. The van der Waals surface area contributed by atoms with Crippen molar-refractivity contribution in [3.63, 3.8) is 0 Å². The molecule has 0 amide bonds. The summed E-state index contributed by atoms with van der Waals surface area (Å²) in [6, 6.07) is 1.29. The van der Waals surface area contributed by atoms with E-state index in [0.717, 1.165) is 6.04 Å². The summed E-state index contributed by atoms with van der Waals surface area (Å²) in [5.74, 6) is 0. The Balaban J connectivity index is 2.08. The lowest BCUT2D eigenvalue weighted by Crippen LogP contribution is -2.39. The van der Waals surface area contributed by atoms with Crippen LogP contribution < -0.4 is 5.32 Å². The molecule has 0 aromatic rings. The van der Waals surface area contributed by atoms with Crippen molar-refractivity contribution >= 4 is 0 Å². The van der Waals surface area contributed by atoms with Crippen molar-refractivity contribution in [2.24, 2.45) is 0 Å². The van der Waals surface area contributed by atoms with E-state index in [1.807, 2.05) is 6.08 Å². The van der Waals surface area contributed by atoms with Crippen molar-refractivity contribution in [2.75, 3.05) is 0 Å². The van der Waals surface area contributed by atoms with Crippen LogP contribution in [-0.2, 0) is 0 Å². The first-order valence-electron chi connectivity index (χ1n) is 3.71. The Kier molecular flexibility index (Phi) is 2.29. The summed E-state index contributed by atoms with van der Waals surface area (Å²) in [7, 11) is 0. The van der Waals surface area contributed by atoms with E-state index < -0.39 is 0 Å². The summed E-state index contributed by atoms with van der Waals surface area (Å²) in [5.41, 5.74) is 0. The van der Waals surface area contributed by atoms with Crippen LogP contribution in [0.5, 0.6) is 0 Å². The van der Waals surface area contributed by atoms with E-state index in [4.69, 9.17) is 0 Å². The van der Waals surface area contributed by atoms with E-state index in [9.17, 15) is 0 Å². The molecule has 52 valence electrons. The molecule has 0 radical (unpaired) electrons. The van der Waals surface area contributed by atoms with Crippen molar-refractivity contribution in [1.29, 1.82) is 0 Å². The van der Waals surface area contributed by atoms with Gasteiger partial charge in [0.25, 0.3) is 0 Å². The second-order valence-corrected chi connectivity index (χ2v) is 2.82. The van der Waals surface area contributed by atoms with Gasteiger partial charge in [-0.2, -0.15) is 0 Å². The van der Waals surface area contributed by atoms with E-state index in [2.05, 4.69) is 18.8 Å². The minimum Gasteiger partial charge on any atom is -0.308 e. The monoisotopic (exact) mass is 125 g/mol. The highest BCUT2D eigenvalue weighted by Gasteiger charge is 2.17. The van der Waals surface area contributed by atoms with Crippen molar-refractivity contribution in [1.82, 2.24) is 5.32 Å². The Morgan fingerprint density at radius 3 is 2.67 bits per heavy atom. The first-order chi connectivity index (χ1) is 4.33. The van der Waals surface area contributed by atoms with Crippen molar-refractivity contribution in [2.45, 2.75) is 38.3 Å². The van der Waals surface area contributed by atoms with Gasteiger partial charge in [0.05, 0.1) is 0 Å². The third kappa shape index (κ3) is 1.83. The van der Waals surface area contributed by atoms with Crippen LogP contribution in [-0.4, -0.2) is 12.1 Å². The molecule has 1 rings (SSSR count). The standard InChI is InChI=1S/C8H15N/c1-3-7(2)9-8-5-4-6-8/h3,7-9H,1,4-6H2,2H3. The van der Waals surface area contributed by atoms with Gasteiger partial charge < -0.3 is 5.32 Å². The molecular weight excluding hydrogens is 110 g/mol. The lowest BCUT2D eigenvalue weighted by atomic mass is 9.92. The number of nitrogens with one attached hydrogen (secondary N) is 1. The summed E-state index contributed by atoms with van der Waals surface area (Å²) < 4.78 is 0. The number of hydrogen-bond acceptors (Lipinski definition) is 1. The van der Waals surface area contributed by atoms with Gasteiger partial charge in [-0.1, -0.05) is 12.5 Å². The molecule has 0 spiro atoms. The van der Waals surface area contributed by atoms with E-state index in [-0.39, 0.29) is 0 Å². The van der Waals surface area contributed by atoms with Gasteiger partial charge in [0.2, 0.25) is 0 Å². The molecule has 0 bridgehead atoms. The highest BCUT2D eigenvalue weighted by atomic mass is 14.9. The first-order valence-corrected chi connectivity index (χ1v) is 3.71. The van der Waals surface area contributed by atoms with Crippen LogP contribution in [0.4, 0.5) is 0 Å². The second-order valence-electron chi connectivity index (χ2n) is 2.82. The quantitative estimate of drug-likeness (QED) is 0.566. The smallest absolute Gasteiger partial charge is 0.0221 e. The summed E-state index contributed by atoms with van der Waals surface area (Å²) >= 11 is 0. The Morgan fingerprint density at radius 2 is 2.33 bits per heavy atom. The van der Waals surface area contributed by atoms with Gasteiger partial charge in [0.1, 0.15) is 0 Å². The van der Waals surface area contributed by atoms with E-state index in [1.54, 1.807) is 0 Å². The maximum atomic E-state index is 3.71. The van der Waals surface area contributed by atoms with Gasteiger partial charge in [0.15, 0.2) is 0 Å². The second kappa shape index (κ2) is 3.02.